The molecule has 0 spiro atoms. The molecule has 2 nitrogen and oxygen atoms in total. The van der Waals surface area contributed by atoms with Gasteiger partial charge >= 0.3 is 0 Å². The Labute approximate surface area is 174 Å². The van der Waals surface area contributed by atoms with Gasteiger partial charge in [-0.15, -0.1) is 0 Å². The highest BCUT2D eigenvalue weighted by molar-refractivity contribution is 9.10. The molecular weight excluding hydrogens is 446 g/mol. The van der Waals surface area contributed by atoms with Crippen LogP contribution in [0.4, 0.5) is 8.78 Å². The standard InChI is InChI=1S/C22H12BrClF2N2/c23-13-5-9-20(27-11-13)22-18(26)8-7-16(19-10-6-14(24)12-28-19)21(22)15-3-1-2-4-17(15)25/h1-12H. The van der Waals surface area contributed by atoms with E-state index in [1.54, 1.807) is 54.7 Å². The Morgan fingerprint density at radius 3 is 2.11 bits per heavy atom. The lowest BCUT2D eigenvalue weighted by Gasteiger charge is -2.16. The summed E-state index contributed by atoms with van der Waals surface area (Å²) in [5, 5.41) is 0.480. The summed E-state index contributed by atoms with van der Waals surface area (Å²) in [5.41, 5.74) is 2.42. The highest BCUT2D eigenvalue weighted by atomic mass is 79.9. The number of halogens is 4. The molecule has 6 heteroatoms. The molecule has 0 aliphatic carbocycles. The van der Waals surface area contributed by atoms with Crippen molar-refractivity contribution >= 4 is 27.5 Å². The van der Waals surface area contributed by atoms with E-state index in [1.807, 2.05) is 0 Å². The topological polar surface area (TPSA) is 25.8 Å². The predicted molar refractivity (Wildman–Crippen MR) is 111 cm³/mol. The highest BCUT2D eigenvalue weighted by Crippen LogP contribution is 2.41. The van der Waals surface area contributed by atoms with Crippen molar-refractivity contribution in [2.75, 3.05) is 0 Å². The maximum Gasteiger partial charge on any atom is 0.133 e. The molecule has 0 unspecified atom stereocenters. The largest absolute Gasteiger partial charge is 0.255 e. The van der Waals surface area contributed by atoms with Gasteiger partial charge in [-0.05, 0) is 58.4 Å². The molecular formula is C22H12BrClF2N2. The van der Waals surface area contributed by atoms with E-state index in [2.05, 4.69) is 25.9 Å². The molecule has 2 aromatic heterocycles. The summed E-state index contributed by atoms with van der Waals surface area (Å²) in [6.45, 7) is 0. The van der Waals surface area contributed by atoms with Crippen LogP contribution in [0.15, 0.2) is 77.5 Å². The third kappa shape index (κ3) is 3.55. The van der Waals surface area contributed by atoms with Gasteiger partial charge in [0.2, 0.25) is 0 Å². The second-order valence-corrected chi connectivity index (χ2v) is 7.40. The number of nitrogens with zero attached hydrogens (tertiary/aromatic N) is 2. The second kappa shape index (κ2) is 7.78. The molecule has 0 fully saturated rings. The molecule has 0 N–H and O–H groups in total. The number of pyridine rings is 2. The van der Waals surface area contributed by atoms with Gasteiger partial charge in [-0.3, -0.25) is 9.97 Å². The Morgan fingerprint density at radius 2 is 1.43 bits per heavy atom. The van der Waals surface area contributed by atoms with Gasteiger partial charge < -0.3 is 0 Å². The highest BCUT2D eigenvalue weighted by Gasteiger charge is 2.21. The number of benzene rings is 2. The van der Waals surface area contributed by atoms with Crippen LogP contribution in [0.1, 0.15) is 0 Å². The van der Waals surface area contributed by atoms with Crippen LogP contribution in [0.25, 0.3) is 33.6 Å². The monoisotopic (exact) mass is 456 g/mol. The van der Waals surface area contributed by atoms with E-state index in [-0.39, 0.29) is 11.1 Å². The van der Waals surface area contributed by atoms with Crippen LogP contribution >= 0.6 is 27.5 Å². The second-order valence-electron chi connectivity index (χ2n) is 6.05. The quantitative estimate of drug-likeness (QED) is 0.326. The molecule has 28 heavy (non-hydrogen) atoms. The zero-order chi connectivity index (χ0) is 19.7. The van der Waals surface area contributed by atoms with E-state index in [9.17, 15) is 8.78 Å². The Bertz CT molecular complexity index is 1150. The minimum atomic E-state index is -0.495. The van der Waals surface area contributed by atoms with E-state index < -0.39 is 11.6 Å². The molecule has 0 radical (unpaired) electrons. The van der Waals surface area contributed by atoms with Gasteiger partial charge in [-0.1, -0.05) is 29.8 Å². The van der Waals surface area contributed by atoms with Gasteiger partial charge in [-0.25, -0.2) is 8.78 Å². The molecule has 138 valence electrons. The molecule has 2 heterocycles. The van der Waals surface area contributed by atoms with Crippen molar-refractivity contribution in [2.45, 2.75) is 0 Å². The zero-order valence-corrected chi connectivity index (χ0v) is 16.7. The fraction of sp³-hybridized carbons (Fsp3) is 0. The molecule has 0 aliphatic heterocycles. The van der Waals surface area contributed by atoms with E-state index in [0.29, 0.717) is 27.5 Å². The first kappa shape index (κ1) is 18.7. The molecule has 0 atom stereocenters. The molecule has 0 aliphatic rings. The average molecular weight is 458 g/mol. The summed E-state index contributed by atoms with van der Waals surface area (Å²) in [5.74, 6) is -0.951. The minimum absolute atomic E-state index is 0.215. The summed E-state index contributed by atoms with van der Waals surface area (Å²) in [4.78, 5) is 8.66. The lowest BCUT2D eigenvalue weighted by molar-refractivity contribution is 0.627. The van der Waals surface area contributed by atoms with Crippen LogP contribution in [-0.2, 0) is 0 Å². The van der Waals surface area contributed by atoms with Crippen molar-refractivity contribution in [3.8, 4) is 33.6 Å². The van der Waals surface area contributed by atoms with Crippen LogP contribution in [0.3, 0.4) is 0 Å². The summed E-state index contributed by atoms with van der Waals surface area (Å²) in [7, 11) is 0. The fourth-order valence-electron chi connectivity index (χ4n) is 3.04. The summed E-state index contributed by atoms with van der Waals surface area (Å²) >= 11 is 9.28. The van der Waals surface area contributed by atoms with Gasteiger partial charge in [0.1, 0.15) is 11.6 Å². The normalized spacial score (nSPS) is 10.9. The van der Waals surface area contributed by atoms with E-state index in [1.165, 1.54) is 18.3 Å². The van der Waals surface area contributed by atoms with Crippen LogP contribution in [0.2, 0.25) is 5.02 Å². The Balaban J connectivity index is 2.08. The van der Waals surface area contributed by atoms with E-state index >= 15 is 0 Å². The van der Waals surface area contributed by atoms with Crippen LogP contribution in [-0.4, -0.2) is 9.97 Å². The smallest absolute Gasteiger partial charge is 0.133 e. The van der Waals surface area contributed by atoms with Gasteiger partial charge in [0, 0.05) is 39.1 Å². The minimum Gasteiger partial charge on any atom is -0.255 e. The lowest BCUT2D eigenvalue weighted by atomic mass is 9.90. The predicted octanol–water partition coefficient (Wildman–Crippen LogP) is 7.17. The lowest BCUT2D eigenvalue weighted by Crippen LogP contribution is -1.98. The Morgan fingerprint density at radius 1 is 0.679 bits per heavy atom. The Hall–Kier alpha value is -2.63. The number of aromatic nitrogens is 2. The van der Waals surface area contributed by atoms with Crippen LogP contribution in [0.5, 0.6) is 0 Å². The Kier molecular flexibility index (Phi) is 5.20. The summed E-state index contributed by atoms with van der Waals surface area (Å²) in [6.07, 6.45) is 3.08. The third-order valence-electron chi connectivity index (χ3n) is 4.28. The molecule has 2 aromatic carbocycles. The molecule has 0 bridgehead atoms. The van der Waals surface area contributed by atoms with Gasteiger partial charge in [0.05, 0.1) is 16.4 Å². The number of hydrogen-bond donors (Lipinski definition) is 0. The van der Waals surface area contributed by atoms with Crippen LogP contribution in [0, 0.1) is 11.6 Å². The van der Waals surface area contributed by atoms with Crippen molar-refractivity contribution in [2.24, 2.45) is 0 Å². The van der Waals surface area contributed by atoms with Crippen LogP contribution < -0.4 is 0 Å². The van der Waals surface area contributed by atoms with E-state index in [0.717, 1.165) is 4.47 Å². The van der Waals surface area contributed by atoms with Crippen molar-refractivity contribution < 1.29 is 8.78 Å². The van der Waals surface area contributed by atoms with Crippen molar-refractivity contribution in [1.29, 1.82) is 0 Å². The zero-order valence-electron chi connectivity index (χ0n) is 14.3. The van der Waals surface area contributed by atoms with Gasteiger partial charge in [-0.2, -0.15) is 0 Å². The van der Waals surface area contributed by atoms with Crippen molar-refractivity contribution in [1.82, 2.24) is 9.97 Å². The first-order valence-corrected chi connectivity index (χ1v) is 9.53. The first-order chi connectivity index (χ1) is 13.5. The SMILES string of the molecule is Fc1ccccc1-c1c(-c2ccc(Cl)cn2)ccc(F)c1-c1ccc(Br)cn1. The van der Waals surface area contributed by atoms with Crippen molar-refractivity contribution in [3.05, 3.63) is 94.2 Å². The summed E-state index contributed by atoms with van der Waals surface area (Å²) in [6, 6.07) is 16.1. The number of hydrogen-bond acceptors (Lipinski definition) is 2. The summed E-state index contributed by atoms with van der Waals surface area (Å²) < 4.78 is 30.5. The fourth-order valence-corrected chi connectivity index (χ4v) is 3.39. The maximum absolute atomic E-state index is 15.0. The van der Waals surface area contributed by atoms with Crippen molar-refractivity contribution in [3.63, 3.8) is 0 Å². The molecule has 0 saturated carbocycles. The van der Waals surface area contributed by atoms with E-state index in [4.69, 9.17) is 11.6 Å². The molecule has 4 rings (SSSR count). The molecule has 0 saturated heterocycles. The van der Waals surface area contributed by atoms with Gasteiger partial charge in [0.25, 0.3) is 0 Å². The number of rotatable bonds is 3. The maximum atomic E-state index is 15.0. The molecule has 0 amide bonds. The first-order valence-electron chi connectivity index (χ1n) is 8.36. The van der Waals surface area contributed by atoms with Gasteiger partial charge in [0.15, 0.2) is 0 Å². The average Bonchev–Trinajstić information content (AvgIpc) is 2.70. The third-order valence-corrected chi connectivity index (χ3v) is 4.98. The molecule has 4 aromatic rings.